The molecule has 0 aliphatic heterocycles. The van der Waals surface area contributed by atoms with Crippen LogP contribution in [0.3, 0.4) is 0 Å². The predicted octanol–water partition coefficient (Wildman–Crippen LogP) is 4.25. The molecule has 0 saturated heterocycles. The van der Waals surface area contributed by atoms with Crippen LogP contribution in [0.15, 0.2) is 0 Å². The van der Waals surface area contributed by atoms with Crippen LogP contribution < -0.4 is 0 Å². The molecule has 9 atom stereocenters. The molecule has 3 spiro atoms. The molecule has 9 rings (SSSR count). The first-order chi connectivity index (χ1) is 8.50. The highest BCUT2D eigenvalue weighted by Crippen LogP contribution is 3.00. The minimum atomic E-state index is 0.795. The minimum Gasteiger partial charge on any atom is -0.0588 e. The van der Waals surface area contributed by atoms with Gasteiger partial charge in [-0.15, -0.1) is 0 Å². The molecule has 9 saturated carbocycles. The number of hydrogen-bond donors (Lipinski definition) is 0. The van der Waals surface area contributed by atoms with E-state index in [1.54, 1.807) is 44.9 Å². The molecule has 0 heteroatoms. The first-order valence-electron chi connectivity index (χ1n) is 8.50. The van der Waals surface area contributed by atoms with Crippen LogP contribution in [-0.2, 0) is 0 Å². The molecule has 9 unspecified atom stereocenters. The van der Waals surface area contributed by atoms with Crippen molar-refractivity contribution >= 4 is 0 Å². The monoisotopic (exact) mass is 240 g/mol. The van der Waals surface area contributed by atoms with Gasteiger partial charge in [-0.1, -0.05) is 13.8 Å². The van der Waals surface area contributed by atoms with Gasteiger partial charge < -0.3 is 0 Å². The van der Waals surface area contributed by atoms with Crippen molar-refractivity contribution in [3.8, 4) is 0 Å². The molecule has 0 heterocycles. The molecule has 9 aliphatic carbocycles. The topological polar surface area (TPSA) is 0 Å². The second-order valence-corrected chi connectivity index (χ2v) is 10.4. The number of hydrogen-bond acceptors (Lipinski definition) is 0. The highest BCUT2D eigenvalue weighted by atomic mass is 15.0. The van der Waals surface area contributed by atoms with Crippen LogP contribution >= 0.6 is 0 Å². The van der Waals surface area contributed by atoms with E-state index in [0.29, 0.717) is 0 Å². The molecule has 9 aliphatic rings. The zero-order chi connectivity index (χ0) is 11.8. The molecule has 0 aromatic carbocycles. The Morgan fingerprint density at radius 2 is 1.72 bits per heavy atom. The van der Waals surface area contributed by atoms with E-state index in [2.05, 4.69) is 13.8 Å². The molecule has 18 heavy (non-hydrogen) atoms. The summed E-state index contributed by atoms with van der Waals surface area (Å²) in [6, 6.07) is 0. The second kappa shape index (κ2) is 1.81. The first kappa shape index (κ1) is 9.03. The first-order valence-corrected chi connectivity index (χ1v) is 8.50. The van der Waals surface area contributed by atoms with E-state index in [9.17, 15) is 0 Å². The summed E-state index contributed by atoms with van der Waals surface area (Å²) in [5, 5.41) is 0. The van der Waals surface area contributed by atoms with Crippen LogP contribution in [0.1, 0.15) is 58.8 Å². The van der Waals surface area contributed by atoms with E-state index in [1.807, 2.05) is 0 Å². The van der Waals surface area contributed by atoms with Crippen molar-refractivity contribution in [2.75, 3.05) is 0 Å². The van der Waals surface area contributed by atoms with Gasteiger partial charge in [-0.05, 0) is 95.7 Å². The van der Waals surface area contributed by atoms with Crippen LogP contribution in [0.4, 0.5) is 0 Å². The van der Waals surface area contributed by atoms with E-state index in [4.69, 9.17) is 0 Å². The standard InChI is InChI=1S/C18H24/c1-14-7-17-3-10-4-18(9-17)12-6-16(14,8-15(17,18)2)5-11(12)13(10)14/h10-13H,3-9H2,1-2H3. The Labute approximate surface area is 110 Å². The van der Waals surface area contributed by atoms with Gasteiger partial charge in [-0.25, -0.2) is 0 Å². The zero-order valence-corrected chi connectivity index (χ0v) is 11.8. The van der Waals surface area contributed by atoms with Crippen LogP contribution in [0.2, 0.25) is 0 Å². The summed E-state index contributed by atoms with van der Waals surface area (Å²) in [6.45, 7) is 5.53. The minimum absolute atomic E-state index is 0.795. The third kappa shape index (κ3) is 0.454. The Morgan fingerprint density at radius 3 is 2.61 bits per heavy atom. The van der Waals surface area contributed by atoms with Crippen molar-refractivity contribution in [2.24, 2.45) is 50.7 Å². The van der Waals surface area contributed by atoms with Crippen molar-refractivity contribution < 1.29 is 0 Å². The van der Waals surface area contributed by atoms with Crippen LogP contribution in [0.25, 0.3) is 0 Å². The fraction of sp³-hybridized carbons (Fsp3) is 1.00. The van der Waals surface area contributed by atoms with Gasteiger partial charge in [0, 0.05) is 0 Å². The van der Waals surface area contributed by atoms with E-state index < -0.39 is 0 Å². The molecule has 0 radical (unpaired) electrons. The SMILES string of the molecule is CC12CC34CC5CC6(C3)C3CC1(CC3C52)CC46C. The van der Waals surface area contributed by atoms with E-state index in [0.717, 1.165) is 27.1 Å². The van der Waals surface area contributed by atoms with Gasteiger partial charge in [0.2, 0.25) is 0 Å². The highest BCUT2D eigenvalue weighted by molar-refractivity contribution is 5.41. The lowest BCUT2D eigenvalue weighted by Gasteiger charge is -2.91. The van der Waals surface area contributed by atoms with Gasteiger partial charge in [-0.3, -0.25) is 0 Å². The van der Waals surface area contributed by atoms with Crippen molar-refractivity contribution in [1.82, 2.24) is 0 Å². The third-order valence-corrected chi connectivity index (χ3v) is 11.0. The molecular formula is C18H24. The van der Waals surface area contributed by atoms with Gasteiger partial charge in [0.15, 0.2) is 0 Å². The third-order valence-electron chi connectivity index (χ3n) is 11.0. The summed E-state index contributed by atoms with van der Waals surface area (Å²) in [4.78, 5) is 0. The van der Waals surface area contributed by atoms with Gasteiger partial charge in [0.1, 0.15) is 0 Å². The van der Waals surface area contributed by atoms with E-state index in [-0.39, 0.29) is 0 Å². The van der Waals surface area contributed by atoms with Gasteiger partial charge in [0.25, 0.3) is 0 Å². The largest absolute Gasteiger partial charge is 0.0588 e. The van der Waals surface area contributed by atoms with E-state index in [1.165, 1.54) is 23.7 Å². The fourth-order valence-corrected chi connectivity index (χ4v) is 11.1. The smallest absolute Gasteiger partial charge is 0.0199 e. The zero-order valence-electron chi connectivity index (χ0n) is 11.8. The van der Waals surface area contributed by atoms with Crippen LogP contribution in [0, 0.1) is 50.7 Å². The maximum atomic E-state index is 2.77. The molecule has 0 nitrogen and oxygen atoms in total. The Hall–Kier alpha value is 0. The molecule has 0 amide bonds. The van der Waals surface area contributed by atoms with Crippen LogP contribution in [-0.4, -0.2) is 0 Å². The summed E-state index contributed by atoms with van der Waals surface area (Å²) in [5.41, 5.74) is 4.16. The summed E-state index contributed by atoms with van der Waals surface area (Å²) in [7, 11) is 0. The average molecular weight is 240 g/mol. The molecule has 0 aromatic rings. The fourth-order valence-electron chi connectivity index (χ4n) is 11.1. The lowest BCUT2D eigenvalue weighted by atomic mass is 9.13. The Kier molecular flexibility index (Phi) is 0.909. The maximum absolute atomic E-state index is 2.77. The average Bonchev–Trinajstić information content (AvgIpc) is 2.76. The van der Waals surface area contributed by atoms with Crippen molar-refractivity contribution in [2.45, 2.75) is 58.8 Å². The second-order valence-electron chi connectivity index (χ2n) is 10.4. The Morgan fingerprint density at radius 1 is 0.833 bits per heavy atom. The van der Waals surface area contributed by atoms with Gasteiger partial charge in [0.05, 0.1) is 0 Å². The molecule has 0 N–H and O–H groups in total. The lowest BCUT2D eigenvalue weighted by molar-refractivity contribution is -0.424. The quantitative estimate of drug-likeness (QED) is 0.594. The summed E-state index contributed by atoms with van der Waals surface area (Å²) >= 11 is 0. The lowest BCUT2D eigenvalue weighted by Crippen LogP contribution is -2.84. The summed E-state index contributed by atoms with van der Waals surface area (Å²) < 4.78 is 0. The molecule has 8 bridgehead atoms. The normalized spacial score (nSPS) is 87.0. The Bertz CT molecular complexity index is 546. The van der Waals surface area contributed by atoms with E-state index >= 15 is 0 Å². The Balaban J connectivity index is 1.69. The van der Waals surface area contributed by atoms with Crippen molar-refractivity contribution in [1.29, 1.82) is 0 Å². The highest BCUT2D eigenvalue weighted by Gasteiger charge is 2.93. The molecule has 0 aromatic heterocycles. The van der Waals surface area contributed by atoms with Gasteiger partial charge >= 0.3 is 0 Å². The maximum Gasteiger partial charge on any atom is -0.0199 e. The number of rotatable bonds is 0. The van der Waals surface area contributed by atoms with Crippen molar-refractivity contribution in [3.63, 3.8) is 0 Å². The molecule has 9 fully saturated rings. The summed E-state index contributed by atoms with van der Waals surface area (Å²) in [6.07, 6.45) is 11.7. The molecular weight excluding hydrogens is 216 g/mol. The van der Waals surface area contributed by atoms with Gasteiger partial charge in [-0.2, -0.15) is 0 Å². The predicted molar refractivity (Wildman–Crippen MR) is 69.8 cm³/mol. The summed E-state index contributed by atoms with van der Waals surface area (Å²) in [5.74, 6) is 4.74. The van der Waals surface area contributed by atoms with Crippen LogP contribution in [0.5, 0.6) is 0 Å². The van der Waals surface area contributed by atoms with Crippen molar-refractivity contribution in [3.05, 3.63) is 0 Å². The molecule has 96 valence electrons.